The lowest BCUT2D eigenvalue weighted by atomic mass is 10.4. The van der Waals surface area contributed by atoms with Gasteiger partial charge in [-0.05, 0) is 30.8 Å². The van der Waals surface area contributed by atoms with Crippen molar-refractivity contribution in [1.29, 1.82) is 0 Å². The predicted molar refractivity (Wildman–Crippen MR) is 70.0 cm³/mol. The fourth-order valence-corrected chi connectivity index (χ4v) is 2.59. The van der Waals surface area contributed by atoms with E-state index in [0.29, 0.717) is 6.54 Å². The maximum Gasteiger partial charge on any atom is 0.0783 e. The van der Waals surface area contributed by atoms with Gasteiger partial charge in [-0.3, -0.25) is 4.21 Å². The van der Waals surface area contributed by atoms with Crippen LogP contribution in [0.1, 0.15) is 6.92 Å². The van der Waals surface area contributed by atoms with E-state index in [4.69, 9.17) is 0 Å². The van der Waals surface area contributed by atoms with Crippen molar-refractivity contribution < 1.29 is 9.32 Å². The highest BCUT2D eigenvalue weighted by molar-refractivity contribution is 9.10. The zero-order chi connectivity index (χ0) is 12.0. The van der Waals surface area contributed by atoms with Gasteiger partial charge in [-0.15, -0.1) is 0 Å². The molecule has 1 aromatic rings. The lowest BCUT2D eigenvalue weighted by molar-refractivity contribution is 0.195. The van der Waals surface area contributed by atoms with Gasteiger partial charge in [0.2, 0.25) is 0 Å². The Bertz CT molecular complexity index is 342. The Morgan fingerprint density at radius 1 is 1.44 bits per heavy atom. The molecule has 1 aromatic carbocycles. The van der Waals surface area contributed by atoms with Crippen molar-refractivity contribution in [3.63, 3.8) is 0 Å². The van der Waals surface area contributed by atoms with E-state index < -0.39 is 16.9 Å². The minimum absolute atomic E-state index is 0.272. The Hall–Kier alpha value is -0.230. The Morgan fingerprint density at radius 2 is 2.06 bits per heavy atom. The van der Waals surface area contributed by atoms with E-state index in [1.165, 1.54) is 0 Å². The van der Waals surface area contributed by atoms with Crippen LogP contribution < -0.4 is 5.32 Å². The van der Waals surface area contributed by atoms with Crippen LogP contribution in [0.3, 0.4) is 0 Å². The summed E-state index contributed by atoms with van der Waals surface area (Å²) in [4.78, 5) is 0.749. The van der Waals surface area contributed by atoms with Gasteiger partial charge in [-0.1, -0.05) is 22.9 Å². The average Bonchev–Trinajstić information content (AvgIpc) is 2.27. The summed E-state index contributed by atoms with van der Waals surface area (Å²) in [6.07, 6.45) is -0.565. The Labute approximate surface area is 107 Å². The first-order valence-electron chi connectivity index (χ1n) is 5.16. The lowest BCUT2D eigenvalue weighted by Crippen LogP contribution is -2.30. The molecule has 1 rings (SSSR count). The number of aliphatic hydroxyl groups is 1. The van der Waals surface area contributed by atoms with Gasteiger partial charge >= 0.3 is 0 Å². The van der Waals surface area contributed by atoms with Crippen molar-refractivity contribution >= 4 is 26.7 Å². The standard InChI is InChI=1S/C11H16BrNO2S/c1-2-13-7-10(14)8-16(15)11-5-3-9(12)4-6-11/h3-6,10,13-14H,2,7-8H2,1H3. The number of rotatable bonds is 6. The normalized spacial score (nSPS) is 14.7. The quantitative estimate of drug-likeness (QED) is 0.838. The first-order chi connectivity index (χ1) is 7.63. The second kappa shape index (κ2) is 7.17. The van der Waals surface area contributed by atoms with Crippen molar-refractivity contribution in [3.05, 3.63) is 28.7 Å². The highest BCUT2D eigenvalue weighted by Crippen LogP contribution is 2.13. The monoisotopic (exact) mass is 305 g/mol. The molecular weight excluding hydrogens is 290 g/mol. The first-order valence-corrected chi connectivity index (χ1v) is 7.27. The third kappa shape index (κ3) is 4.74. The number of likely N-dealkylation sites (N-methyl/N-ethyl adjacent to an activating group) is 1. The molecule has 2 unspecified atom stereocenters. The van der Waals surface area contributed by atoms with Crippen LogP contribution in [0.25, 0.3) is 0 Å². The van der Waals surface area contributed by atoms with E-state index in [9.17, 15) is 9.32 Å². The smallest absolute Gasteiger partial charge is 0.0783 e. The topological polar surface area (TPSA) is 49.3 Å². The molecule has 0 radical (unpaired) electrons. The number of benzene rings is 1. The molecule has 16 heavy (non-hydrogen) atoms. The summed E-state index contributed by atoms with van der Waals surface area (Å²) in [6.45, 7) is 3.26. The van der Waals surface area contributed by atoms with Crippen LogP contribution in [0.2, 0.25) is 0 Å². The Kier molecular flexibility index (Phi) is 6.20. The van der Waals surface area contributed by atoms with E-state index in [1.54, 1.807) is 12.1 Å². The molecule has 5 heteroatoms. The van der Waals surface area contributed by atoms with Gasteiger partial charge in [0, 0.05) is 15.9 Å². The van der Waals surface area contributed by atoms with E-state index in [0.717, 1.165) is 15.9 Å². The number of hydrogen-bond acceptors (Lipinski definition) is 3. The summed E-state index contributed by atoms with van der Waals surface area (Å²) in [7, 11) is -1.14. The van der Waals surface area contributed by atoms with Crippen LogP contribution in [0, 0.1) is 0 Å². The van der Waals surface area contributed by atoms with Crippen LogP contribution >= 0.6 is 15.9 Å². The number of hydrogen-bond donors (Lipinski definition) is 2. The summed E-state index contributed by atoms with van der Waals surface area (Å²) >= 11 is 3.32. The summed E-state index contributed by atoms with van der Waals surface area (Å²) in [5, 5.41) is 12.6. The maximum absolute atomic E-state index is 11.8. The van der Waals surface area contributed by atoms with Crippen LogP contribution in [-0.2, 0) is 10.8 Å². The van der Waals surface area contributed by atoms with E-state index in [1.807, 2.05) is 19.1 Å². The minimum Gasteiger partial charge on any atom is -0.391 e. The van der Waals surface area contributed by atoms with Gasteiger partial charge in [0.05, 0.1) is 22.7 Å². The van der Waals surface area contributed by atoms with E-state index in [2.05, 4.69) is 21.2 Å². The summed E-state index contributed by atoms with van der Waals surface area (Å²) in [5.74, 6) is 0.272. The molecule has 2 atom stereocenters. The Morgan fingerprint density at radius 3 is 2.62 bits per heavy atom. The predicted octanol–water partition coefficient (Wildman–Crippen LogP) is 1.53. The molecule has 3 nitrogen and oxygen atoms in total. The van der Waals surface area contributed by atoms with Crippen LogP contribution in [0.5, 0.6) is 0 Å². The molecular formula is C11H16BrNO2S. The third-order valence-corrected chi connectivity index (χ3v) is 4.06. The van der Waals surface area contributed by atoms with Crippen molar-refractivity contribution in [1.82, 2.24) is 5.32 Å². The molecule has 2 N–H and O–H groups in total. The number of aliphatic hydroxyl groups excluding tert-OH is 1. The second-order valence-electron chi connectivity index (χ2n) is 3.43. The molecule has 90 valence electrons. The first kappa shape index (κ1) is 13.8. The van der Waals surface area contributed by atoms with Crippen LogP contribution in [-0.4, -0.2) is 34.3 Å². The van der Waals surface area contributed by atoms with E-state index in [-0.39, 0.29) is 5.75 Å². The molecule has 0 fully saturated rings. The molecule has 0 bridgehead atoms. The number of halogens is 1. The summed E-state index contributed by atoms with van der Waals surface area (Å²) in [5.41, 5.74) is 0. The van der Waals surface area contributed by atoms with E-state index >= 15 is 0 Å². The zero-order valence-corrected chi connectivity index (χ0v) is 11.6. The number of nitrogens with one attached hydrogen (secondary N) is 1. The van der Waals surface area contributed by atoms with Crippen molar-refractivity contribution in [2.75, 3.05) is 18.8 Å². The highest BCUT2D eigenvalue weighted by Gasteiger charge is 2.10. The molecule has 0 saturated carbocycles. The van der Waals surface area contributed by atoms with Crippen molar-refractivity contribution in [3.8, 4) is 0 Å². The summed E-state index contributed by atoms with van der Waals surface area (Å²) < 4.78 is 12.8. The van der Waals surface area contributed by atoms with Gasteiger partial charge in [-0.25, -0.2) is 0 Å². The SMILES string of the molecule is CCNCC(O)CS(=O)c1ccc(Br)cc1. The maximum atomic E-state index is 11.8. The minimum atomic E-state index is -1.14. The Balaban J connectivity index is 2.48. The van der Waals surface area contributed by atoms with Crippen molar-refractivity contribution in [2.45, 2.75) is 17.9 Å². The fraction of sp³-hybridized carbons (Fsp3) is 0.455. The summed E-state index contributed by atoms with van der Waals surface area (Å²) in [6, 6.07) is 7.31. The third-order valence-electron chi connectivity index (χ3n) is 2.05. The largest absolute Gasteiger partial charge is 0.391 e. The molecule has 0 spiro atoms. The molecule has 0 aromatic heterocycles. The second-order valence-corrected chi connectivity index (χ2v) is 5.84. The average molecular weight is 306 g/mol. The molecule has 0 heterocycles. The molecule has 0 aliphatic rings. The molecule has 0 aliphatic heterocycles. The van der Waals surface area contributed by atoms with Gasteiger partial charge in [0.25, 0.3) is 0 Å². The van der Waals surface area contributed by atoms with Gasteiger partial charge in [0.15, 0.2) is 0 Å². The highest BCUT2D eigenvalue weighted by atomic mass is 79.9. The van der Waals surface area contributed by atoms with Gasteiger partial charge in [-0.2, -0.15) is 0 Å². The van der Waals surface area contributed by atoms with Crippen LogP contribution in [0.15, 0.2) is 33.6 Å². The van der Waals surface area contributed by atoms with Crippen molar-refractivity contribution in [2.24, 2.45) is 0 Å². The molecule has 0 saturated heterocycles. The zero-order valence-electron chi connectivity index (χ0n) is 9.15. The van der Waals surface area contributed by atoms with Gasteiger partial charge in [0.1, 0.15) is 0 Å². The fourth-order valence-electron chi connectivity index (χ4n) is 1.23. The molecule has 0 amide bonds. The van der Waals surface area contributed by atoms with Crippen LogP contribution in [0.4, 0.5) is 0 Å². The van der Waals surface area contributed by atoms with Gasteiger partial charge < -0.3 is 10.4 Å². The lowest BCUT2D eigenvalue weighted by Gasteiger charge is -2.10. The molecule has 0 aliphatic carbocycles.